The highest BCUT2D eigenvalue weighted by Crippen LogP contribution is 2.08. The number of hydrogen-bond donors (Lipinski definition) is 2. The molecule has 0 bridgehead atoms. The maximum atomic E-state index is 12.4. The smallest absolute Gasteiger partial charge is 0.408 e. The lowest BCUT2D eigenvalue weighted by atomic mass is 10.1. The Morgan fingerprint density at radius 2 is 1.71 bits per heavy atom. The number of esters is 1. The van der Waals surface area contributed by atoms with Crippen LogP contribution in [0.2, 0.25) is 0 Å². The first kappa shape index (κ1) is 21.7. The van der Waals surface area contributed by atoms with Gasteiger partial charge in [0.2, 0.25) is 5.91 Å². The molecule has 0 radical (unpaired) electrons. The van der Waals surface area contributed by atoms with Crippen LogP contribution in [0.4, 0.5) is 4.79 Å². The van der Waals surface area contributed by atoms with E-state index in [0.29, 0.717) is 12.8 Å². The molecule has 136 valence electrons. The topological polar surface area (TPSA) is 93.7 Å². The molecule has 0 aliphatic rings. The van der Waals surface area contributed by atoms with Crippen LogP contribution in [0.5, 0.6) is 0 Å². The summed E-state index contributed by atoms with van der Waals surface area (Å²) in [4.78, 5) is 35.9. The molecule has 0 heterocycles. The molecular formula is C17H28N2O5. The van der Waals surface area contributed by atoms with E-state index in [4.69, 9.17) is 4.74 Å². The second-order valence-electron chi connectivity index (χ2n) is 6.17. The highest BCUT2D eigenvalue weighted by atomic mass is 16.6. The monoisotopic (exact) mass is 340 g/mol. The lowest BCUT2D eigenvalue weighted by molar-refractivity contribution is -0.145. The van der Waals surface area contributed by atoms with Crippen molar-refractivity contribution in [3.63, 3.8) is 0 Å². The molecule has 0 spiro atoms. The molecular weight excluding hydrogens is 312 g/mol. The van der Waals surface area contributed by atoms with Crippen molar-refractivity contribution in [2.45, 2.75) is 57.7 Å². The highest BCUT2D eigenvalue weighted by Gasteiger charge is 2.27. The van der Waals surface area contributed by atoms with Crippen LogP contribution in [0.25, 0.3) is 0 Å². The number of amides is 2. The number of methoxy groups -OCH3 is 1. The molecule has 2 atom stereocenters. The summed E-state index contributed by atoms with van der Waals surface area (Å²) in [6, 6.07) is -1.71. The number of hydrogen-bond acceptors (Lipinski definition) is 5. The quantitative estimate of drug-likeness (QED) is 0.495. The van der Waals surface area contributed by atoms with Gasteiger partial charge in [-0.25, -0.2) is 9.59 Å². The molecule has 0 aromatic carbocycles. The molecule has 0 saturated carbocycles. The van der Waals surface area contributed by atoms with Crippen LogP contribution in [-0.2, 0) is 19.1 Å². The number of rotatable bonds is 9. The van der Waals surface area contributed by atoms with Gasteiger partial charge in [-0.3, -0.25) is 4.79 Å². The molecule has 2 amide bonds. The Bertz CT molecular complexity index is 468. The second kappa shape index (κ2) is 10.5. The first-order valence-corrected chi connectivity index (χ1v) is 7.74. The maximum absolute atomic E-state index is 12.4. The minimum Gasteiger partial charge on any atom is -0.467 e. The lowest BCUT2D eigenvalue weighted by Gasteiger charge is -2.24. The number of alkyl carbamates (subject to hydrolysis) is 1. The van der Waals surface area contributed by atoms with Crippen LogP contribution in [0.15, 0.2) is 25.3 Å². The summed E-state index contributed by atoms with van der Waals surface area (Å²) in [7, 11) is 1.25. The number of nitrogens with one attached hydrogen (secondary N) is 2. The van der Waals surface area contributed by atoms with E-state index in [2.05, 4.69) is 28.5 Å². The van der Waals surface area contributed by atoms with E-state index in [-0.39, 0.29) is 6.42 Å². The summed E-state index contributed by atoms with van der Waals surface area (Å²) in [6.45, 7) is 12.3. The third-order valence-corrected chi connectivity index (χ3v) is 2.87. The minimum absolute atomic E-state index is 0.195. The molecule has 0 unspecified atom stereocenters. The largest absolute Gasteiger partial charge is 0.467 e. The molecule has 0 aromatic heterocycles. The van der Waals surface area contributed by atoms with Crippen molar-refractivity contribution in [1.29, 1.82) is 0 Å². The Morgan fingerprint density at radius 1 is 1.08 bits per heavy atom. The van der Waals surface area contributed by atoms with Gasteiger partial charge >= 0.3 is 12.1 Å². The van der Waals surface area contributed by atoms with Crippen molar-refractivity contribution in [3.8, 4) is 0 Å². The van der Waals surface area contributed by atoms with Gasteiger partial charge in [0, 0.05) is 0 Å². The Kier molecular flexibility index (Phi) is 9.45. The van der Waals surface area contributed by atoms with Crippen LogP contribution < -0.4 is 10.6 Å². The Labute approximate surface area is 143 Å². The first-order chi connectivity index (χ1) is 11.1. The Morgan fingerprint density at radius 3 is 2.17 bits per heavy atom. The molecule has 0 aliphatic heterocycles. The van der Waals surface area contributed by atoms with Crippen LogP contribution in [0.3, 0.4) is 0 Å². The Hall–Kier alpha value is -2.31. The zero-order valence-corrected chi connectivity index (χ0v) is 14.9. The molecule has 7 nitrogen and oxygen atoms in total. The van der Waals surface area contributed by atoms with Crippen molar-refractivity contribution < 1.29 is 23.9 Å². The molecule has 7 heteroatoms. The highest BCUT2D eigenvalue weighted by molar-refractivity contribution is 5.89. The summed E-state index contributed by atoms with van der Waals surface area (Å²) in [6.07, 6.45) is 3.51. The van der Waals surface area contributed by atoms with Gasteiger partial charge in [-0.2, -0.15) is 0 Å². The summed E-state index contributed by atoms with van der Waals surface area (Å²) in [5, 5.41) is 5.05. The van der Waals surface area contributed by atoms with E-state index in [9.17, 15) is 14.4 Å². The SMILES string of the molecule is C=CCC[C@H](NC(=O)[C@H](CC=C)NC(=O)OC(C)(C)C)C(=O)OC. The number of carbonyl (C=O) groups excluding carboxylic acids is 3. The fraction of sp³-hybridized carbons (Fsp3) is 0.588. The van der Waals surface area contributed by atoms with E-state index < -0.39 is 35.7 Å². The molecule has 0 aliphatic carbocycles. The van der Waals surface area contributed by atoms with E-state index in [1.54, 1.807) is 26.8 Å². The lowest BCUT2D eigenvalue weighted by Crippen LogP contribution is -2.52. The molecule has 24 heavy (non-hydrogen) atoms. The van der Waals surface area contributed by atoms with Crippen LogP contribution in [0, 0.1) is 0 Å². The molecule has 0 rings (SSSR count). The molecule has 0 saturated heterocycles. The maximum Gasteiger partial charge on any atom is 0.408 e. The van der Waals surface area contributed by atoms with Gasteiger partial charge in [0.25, 0.3) is 0 Å². The summed E-state index contributed by atoms with van der Waals surface area (Å²) < 4.78 is 9.81. The van der Waals surface area contributed by atoms with Crippen molar-refractivity contribution in [1.82, 2.24) is 10.6 Å². The predicted molar refractivity (Wildman–Crippen MR) is 91.3 cm³/mol. The number of carbonyl (C=O) groups is 3. The normalized spacial score (nSPS) is 13.2. The van der Waals surface area contributed by atoms with Gasteiger partial charge in [-0.05, 0) is 40.0 Å². The van der Waals surface area contributed by atoms with Gasteiger partial charge in [-0.15, -0.1) is 13.2 Å². The fourth-order valence-electron chi connectivity index (χ4n) is 1.80. The number of ether oxygens (including phenoxy) is 2. The first-order valence-electron chi connectivity index (χ1n) is 7.74. The van der Waals surface area contributed by atoms with Crippen LogP contribution in [-0.4, -0.2) is 42.8 Å². The van der Waals surface area contributed by atoms with Gasteiger partial charge in [0.05, 0.1) is 7.11 Å². The zero-order valence-electron chi connectivity index (χ0n) is 14.9. The standard InChI is InChI=1S/C17H28N2O5/c1-7-9-11-13(15(21)23-6)18-14(20)12(10-8-2)19-16(22)24-17(3,4)5/h7-8,12-13H,1-2,9-11H2,3-6H3,(H,18,20)(H,19,22)/t12-,13-/m0/s1. The summed E-state index contributed by atoms with van der Waals surface area (Å²) in [5.41, 5.74) is -0.683. The van der Waals surface area contributed by atoms with Crippen LogP contribution >= 0.6 is 0 Å². The Balaban J connectivity index is 4.92. The molecule has 0 aromatic rings. The third kappa shape index (κ3) is 8.97. The van der Waals surface area contributed by atoms with Crippen molar-refractivity contribution in [2.24, 2.45) is 0 Å². The average molecular weight is 340 g/mol. The van der Waals surface area contributed by atoms with E-state index in [1.807, 2.05) is 0 Å². The summed E-state index contributed by atoms with van der Waals surface area (Å²) >= 11 is 0. The van der Waals surface area contributed by atoms with Gasteiger partial charge in [-0.1, -0.05) is 12.2 Å². The summed E-state index contributed by atoms with van der Waals surface area (Å²) in [5.74, 6) is -1.07. The average Bonchev–Trinajstić information content (AvgIpc) is 2.48. The number of allylic oxidation sites excluding steroid dienone is 1. The van der Waals surface area contributed by atoms with Gasteiger partial charge in [0.1, 0.15) is 17.7 Å². The second-order valence-corrected chi connectivity index (χ2v) is 6.17. The van der Waals surface area contributed by atoms with Crippen LogP contribution in [0.1, 0.15) is 40.0 Å². The van der Waals surface area contributed by atoms with E-state index >= 15 is 0 Å². The molecule has 0 fully saturated rings. The van der Waals surface area contributed by atoms with Crippen molar-refractivity contribution in [3.05, 3.63) is 25.3 Å². The van der Waals surface area contributed by atoms with Gasteiger partial charge in [0.15, 0.2) is 0 Å². The van der Waals surface area contributed by atoms with E-state index in [1.165, 1.54) is 13.2 Å². The van der Waals surface area contributed by atoms with Gasteiger partial charge < -0.3 is 20.1 Å². The van der Waals surface area contributed by atoms with Crippen molar-refractivity contribution in [2.75, 3.05) is 7.11 Å². The predicted octanol–water partition coefficient (Wildman–Crippen LogP) is 2.08. The third-order valence-electron chi connectivity index (χ3n) is 2.87. The van der Waals surface area contributed by atoms with E-state index in [0.717, 1.165) is 0 Å². The zero-order chi connectivity index (χ0) is 18.8. The van der Waals surface area contributed by atoms with Crippen molar-refractivity contribution >= 4 is 18.0 Å². The fourth-order valence-corrected chi connectivity index (χ4v) is 1.80. The minimum atomic E-state index is -0.895. The molecule has 2 N–H and O–H groups in total.